The second kappa shape index (κ2) is 17.2. The van der Waals surface area contributed by atoms with Gasteiger partial charge in [0.2, 0.25) is 0 Å². The van der Waals surface area contributed by atoms with Gasteiger partial charge in [-0.3, -0.25) is 0 Å². The second-order valence-electron chi connectivity index (χ2n) is 19.2. The number of cyclic esters (lactones) is 1. The van der Waals surface area contributed by atoms with Crippen molar-refractivity contribution in [2.75, 3.05) is 26.9 Å². The molecule has 0 bridgehead atoms. The highest BCUT2D eigenvalue weighted by atomic mass is 16.8. The fourth-order valence-corrected chi connectivity index (χ4v) is 12.9. The van der Waals surface area contributed by atoms with E-state index in [2.05, 4.69) is 6.92 Å². The molecule has 0 aromatic rings. The number of aliphatic hydroxyl groups excluding tert-OH is 7. The molecule has 0 aromatic carbocycles. The summed E-state index contributed by atoms with van der Waals surface area (Å²) in [6.07, 6.45) is -12.2. The van der Waals surface area contributed by atoms with Crippen molar-refractivity contribution in [3.8, 4) is 0 Å². The number of methoxy groups -OCH3 is 1. The molecule has 0 spiro atoms. The summed E-state index contributed by atoms with van der Waals surface area (Å²) in [5.74, 6) is -0.767. The van der Waals surface area contributed by atoms with Crippen LogP contribution in [0.4, 0.5) is 0 Å². The number of rotatable bonds is 11. The van der Waals surface area contributed by atoms with Gasteiger partial charge in [0.15, 0.2) is 18.9 Å². The van der Waals surface area contributed by atoms with Crippen LogP contribution in [0.1, 0.15) is 78.1 Å². The first-order valence-corrected chi connectivity index (χ1v) is 21.8. The lowest BCUT2D eigenvalue weighted by molar-refractivity contribution is -0.355. The van der Waals surface area contributed by atoms with Crippen LogP contribution in [0.5, 0.6) is 0 Å². The van der Waals surface area contributed by atoms with E-state index < -0.39 is 127 Å². The zero-order valence-electron chi connectivity index (χ0n) is 34.8. The number of fused-ring (bicyclic) bond motifs is 5. The van der Waals surface area contributed by atoms with Gasteiger partial charge in [-0.1, -0.05) is 6.92 Å². The molecule has 19 heteroatoms. The summed E-state index contributed by atoms with van der Waals surface area (Å²) < 4.78 is 46.7. The molecule has 4 aliphatic carbocycles. The highest BCUT2D eigenvalue weighted by Crippen LogP contribution is 2.70. The van der Waals surface area contributed by atoms with E-state index in [1.807, 2.05) is 0 Å². The molecule has 8 rings (SSSR count). The van der Waals surface area contributed by atoms with Crippen molar-refractivity contribution in [2.45, 2.75) is 181 Å². The molecule has 9 N–H and O–H groups in total. The highest BCUT2D eigenvalue weighted by molar-refractivity contribution is 5.85. The Morgan fingerprint density at radius 2 is 1.51 bits per heavy atom. The van der Waals surface area contributed by atoms with E-state index in [-0.39, 0.29) is 43.2 Å². The van der Waals surface area contributed by atoms with Gasteiger partial charge in [0, 0.05) is 31.4 Å². The van der Waals surface area contributed by atoms with E-state index in [0.717, 1.165) is 18.3 Å². The van der Waals surface area contributed by atoms with Crippen LogP contribution in [0.25, 0.3) is 0 Å². The number of carbonyl (C=O) groups is 2. The first kappa shape index (κ1) is 45.8. The first-order valence-electron chi connectivity index (χ1n) is 21.8. The van der Waals surface area contributed by atoms with Crippen molar-refractivity contribution < 1.29 is 93.4 Å². The van der Waals surface area contributed by atoms with Crippen LogP contribution in [0.2, 0.25) is 0 Å². The minimum atomic E-state index is -1.75. The molecular weight excluding hydrogens is 808 g/mol. The molecule has 22 atom stereocenters. The van der Waals surface area contributed by atoms with Gasteiger partial charge in [-0.25, -0.2) is 4.79 Å². The minimum Gasteiger partial charge on any atom is -0.458 e. The van der Waals surface area contributed by atoms with E-state index in [9.17, 15) is 55.5 Å². The van der Waals surface area contributed by atoms with Crippen molar-refractivity contribution >= 4 is 12.3 Å². The molecule has 61 heavy (non-hydrogen) atoms. The Balaban J connectivity index is 0.886. The standard InChI is InChI=1S/C42H64O19/c1-19-36(61-38-35(51)33(49)31(47)27(60-38)17-56-37-34(50)32(48)30(46)26(15-43)59-37)25(54-3)13-29(57-19)58-21-4-9-40(18-44)23-5-8-39(2)22(20-12-28(45)55-16-20)7-11-42(39,53)24(23)6-10-41(40,52)14-21/h12,18-19,21-27,29-38,43,46-53H,4-11,13-17H2,1-3H3/t19-,21-,22-,23-,24-,25+,26-,27+,29+,30-,31+,32+,33-,34-,35+,36-,37-,38-,39+,40-,41-,42-/m0/s1. The van der Waals surface area contributed by atoms with Crippen LogP contribution >= 0.6 is 0 Å². The predicted molar refractivity (Wildman–Crippen MR) is 203 cm³/mol. The average Bonchev–Trinajstić information content (AvgIpc) is 3.79. The van der Waals surface area contributed by atoms with Crippen molar-refractivity contribution in [2.24, 2.45) is 28.6 Å². The Bertz CT molecular complexity index is 1630. The minimum absolute atomic E-state index is 0.00485. The summed E-state index contributed by atoms with van der Waals surface area (Å²) in [7, 11) is 1.47. The molecule has 3 saturated heterocycles. The summed E-state index contributed by atoms with van der Waals surface area (Å²) in [6.45, 7) is 2.86. The molecule has 346 valence electrons. The summed E-state index contributed by atoms with van der Waals surface area (Å²) >= 11 is 0. The number of hydrogen-bond acceptors (Lipinski definition) is 19. The third-order valence-corrected chi connectivity index (χ3v) is 16.3. The van der Waals surface area contributed by atoms with Crippen LogP contribution < -0.4 is 0 Å². The second-order valence-corrected chi connectivity index (χ2v) is 19.2. The van der Waals surface area contributed by atoms with Crippen LogP contribution in [0.15, 0.2) is 11.6 Å². The number of esters is 1. The Kier molecular flexibility index (Phi) is 12.9. The van der Waals surface area contributed by atoms with E-state index in [1.165, 1.54) is 7.11 Å². The normalized spacial score (nSPS) is 53.6. The number of ether oxygens (including phenoxy) is 8. The SMILES string of the molecule is CO[C@@H]1C[C@@H](O[C@H]2CC[C@]3(C=O)[C@H]4CC[C@]5(C)[C@H](C6=CC(=O)OC6)CC[C@]5(O)[C@H]4CC[C@]3(O)C2)O[C@@H](C)[C@@H]1O[C@@H]1O[C@H](CO[C@H]2O[C@@H](CO)[C@H](O)[C@@H](O)[C@@H]2O)[C@@H](O)[C@H](O)[C@H]1O. The molecule has 19 nitrogen and oxygen atoms in total. The first-order chi connectivity index (χ1) is 28.9. The number of aldehydes is 1. The Morgan fingerprint density at radius 3 is 2.18 bits per heavy atom. The molecule has 4 heterocycles. The van der Waals surface area contributed by atoms with Gasteiger partial charge in [0.1, 0.15) is 67.8 Å². The molecule has 4 saturated carbocycles. The molecule has 0 unspecified atom stereocenters. The van der Waals surface area contributed by atoms with E-state index >= 15 is 0 Å². The van der Waals surface area contributed by atoms with Gasteiger partial charge in [0.25, 0.3) is 0 Å². The third-order valence-electron chi connectivity index (χ3n) is 16.3. The highest BCUT2D eigenvalue weighted by Gasteiger charge is 2.71. The molecule has 0 radical (unpaired) electrons. The summed E-state index contributed by atoms with van der Waals surface area (Å²) in [5.41, 5.74) is -3.06. The molecule has 0 aromatic heterocycles. The average molecular weight is 873 g/mol. The zero-order chi connectivity index (χ0) is 43.8. The maximum Gasteiger partial charge on any atom is 0.331 e. The van der Waals surface area contributed by atoms with Crippen molar-refractivity contribution in [3.05, 3.63) is 11.6 Å². The molecule has 0 amide bonds. The van der Waals surface area contributed by atoms with E-state index in [0.29, 0.717) is 44.9 Å². The van der Waals surface area contributed by atoms with Gasteiger partial charge in [-0.2, -0.15) is 0 Å². The topological polar surface area (TPSA) is 290 Å². The van der Waals surface area contributed by atoms with Gasteiger partial charge in [-0.15, -0.1) is 0 Å². The van der Waals surface area contributed by atoms with Crippen LogP contribution in [0, 0.1) is 28.6 Å². The monoisotopic (exact) mass is 872 g/mol. The van der Waals surface area contributed by atoms with Crippen molar-refractivity contribution in [1.29, 1.82) is 0 Å². The van der Waals surface area contributed by atoms with Crippen LogP contribution in [-0.2, 0) is 47.5 Å². The largest absolute Gasteiger partial charge is 0.458 e. The third kappa shape index (κ3) is 7.55. The predicted octanol–water partition coefficient (Wildman–Crippen LogP) is -1.92. The van der Waals surface area contributed by atoms with Crippen LogP contribution in [-0.4, -0.2) is 188 Å². The molecule has 4 aliphatic heterocycles. The van der Waals surface area contributed by atoms with Gasteiger partial charge >= 0.3 is 5.97 Å². The summed E-state index contributed by atoms with van der Waals surface area (Å²) in [5, 5.41) is 97.4. The van der Waals surface area contributed by atoms with Gasteiger partial charge in [0.05, 0.1) is 48.1 Å². The van der Waals surface area contributed by atoms with E-state index in [4.69, 9.17) is 37.9 Å². The lowest BCUT2D eigenvalue weighted by Gasteiger charge is -2.65. The quantitative estimate of drug-likeness (QED) is 0.0622. The lowest BCUT2D eigenvalue weighted by atomic mass is 9.41. The fraction of sp³-hybridized carbons (Fsp3) is 0.905. The zero-order valence-corrected chi connectivity index (χ0v) is 34.8. The maximum atomic E-state index is 13.3. The number of hydrogen-bond donors (Lipinski definition) is 9. The van der Waals surface area contributed by atoms with Gasteiger partial charge < -0.3 is 88.6 Å². The van der Waals surface area contributed by atoms with Crippen LogP contribution in [0.3, 0.4) is 0 Å². The Morgan fingerprint density at radius 1 is 0.820 bits per heavy atom. The number of carbonyl (C=O) groups excluding carboxylic acids is 2. The maximum absolute atomic E-state index is 13.3. The smallest absolute Gasteiger partial charge is 0.331 e. The lowest BCUT2D eigenvalue weighted by Crippen LogP contribution is -2.69. The molecular formula is C42H64O19. The van der Waals surface area contributed by atoms with E-state index in [1.54, 1.807) is 13.0 Å². The summed E-state index contributed by atoms with van der Waals surface area (Å²) in [6, 6.07) is 0. The summed E-state index contributed by atoms with van der Waals surface area (Å²) in [4.78, 5) is 25.3. The number of aliphatic hydroxyl groups is 9. The Labute approximate surface area is 353 Å². The fourth-order valence-electron chi connectivity index (χ4n) is 12.9. The van der Waals surface area contributed by atoms with Gasteiger partial charge in [-0.05, 0) is 81.6 Å². The van der Waals surface area contributed by atoms with Crippen molar-refractivity contribution in [3.63, 3.8) is 0 Å². The molecule has 8 aliphatic rings. The molecule has 7 fully saturated rings. The van der Waals surface area contributed by atoms with Crippen molar-refractivity contribution in [1.82, 2.24) is 0 Å². The Hall–Kier alpha value is -1.76.